The van der Waals surface area contributed by atoms with Crippen molar-refractivity contribution in [3.8, 4) is 0 Å². The Hall–Kier alpha value is -2.39. The highest BCUT2D eigenvalue weighted by Gasteiger charge is 2.35. The number of nitrogens with one attached hydrogen (secondary N) is 2. The standard InChI is InChI=1S/C22H24N2O/c25-22(23-20-11-12-20)21(19-9-5-2-6-10-19)24-15-13-18(14-16-24)17-7-3-1-4-8-17/h1-10,13,20-21H,11-12,14-16H2,(H,23,25)/p+1/t21-/m1/s1. The smallest absolute Gasteiger partial charge is 0.283 e. The van der Waals surface area contributed by atoms with Gasteiger partial charge in [-0.3, -0.25) is 4.79 Å². The van der Waals surface area contributed by atoms with Crippen LogP contribution in [-0.4, -0.2) is 25.0 Å². The van der Waals surface area contributed by atoms with Gasteiger partial charge in [-0.15, -0.1) is 0 Å². The molecule has 3 nitrogen and oxygen atoms in total. The van der Waals surface area contributed by atoms with Crippen LogP contribution in [0.1, 0.15) is 36.4 Å². The molecular weight excluding hydrogens is 308 g/mol. The molecular formula is C22H25N2O+. The van der Waals surface area contributed by atoms with Crippen LogP contribution in [-0.2, 0) is 4.79 Å². The minimum Gasteiger partial charge on any atom is -0.348 e. The Labute approximate surface area is 149 Å². The third kappa shape index (κ3) is 3.83. The average Bonchev–Trinajstić information content (AvgIpc) is 3.48. The molecule has 0 bridgehead atoms. The fourth-order valence-corrected chi connectivity index (χ4v) is 3.66. The van der Waals surface area contributed by atoms with Crippen LogP contribution in [0.4, 0.5) is 0 Å². The van der Waals surface area contributed by atoms with Crippen molar-refractivity contribution in [1.82, 2.24) is 5.32 Å². The summed E-state index contributed by atoms with van der Waals surface area (Å²) in [7, 11) is 0. The SMILES string of the molecule is O=C(NC1CC1)[C@@H](c1ccccc1)[NH+]1CC=C(c2ccccc2)CC1. The second-order valence-corrected chi connectivity index (χ2v) is 7.08. The van der Waals surface area contributed by atoms with Gasteiger partial charge < -0.3 is 10.2 Å². The van der Waals surface area contributed by atoms with Crippen molar-refractivity contribution in [2.24, 2.45) is 0 Å². The quantitative estimate of drug-likeness (QED) is 0.865. The molecule has 128 valence electrons. The van der Waals surface area contributed by atoms with Gasteiger partial charge >= 0.3 is 0 Å². The molecule has 25 heavy (non-hydrogen) atoms. The predicted molar refractivity (Wildman–Crippen MR) is 100 cm³/mol. The van der Waals surface area contributed by atoms with Crippen LogP contribution >= 0.6 is 0 Å². The summed E-state index contributed by atoms with van der Waals surface area (Å²) in [5, 5.41) is 3.21. The number of quaternary nitrogens is 1. The molecule has 0 saturated heterocycles. The Morgan fingerprint density at radius 2 is 1.68 bits per heavy atom. The van der Waals surface area contributed by atoms with Crippen LogP contribution in [0.25, 0.3) is 5.57 Å². The fourth-order valence-electron chi connectivity index (χ4n) is 3.66. The third-order valence-electron chi connectivity index (χ3n) is 5.20. The van der Waals surface area contributed by atoms with Crippen molar-refractivity contribution in [2.45, 2.75) is 31.3 Å². The number of benzene rings is 2. The second kappa shape index (κ2) is 7.24. The van der Waals surface area contributed by atoms with Crippen LogP contribution in [0.2, 0.25) is 0 Å². The van der Waals surface area contributed by atoms with Gasteiger partial charge in [-0.2, -0.15) is 0 Å². The van der Waals surface area contributed by atoms with Crippen LogP contribution in [0.5, 0.6) is 0 Å². The lowest BCUT2D eigenvalue weighted by Crippen LogP contribution is -3.13. The van der Waals surface area contributed by atoms with E-state index in [4.69, 9.17) is 0 Å². The van der Waals surface area contributed by atoms with E-state index in [1.165, 1.54) is 16.0 Å². The molecule has 1 fully saturated rings. The predicted octanol–water partition coefficient (Wildman–Crippen LogP) is 2.38. The summed E-state index contributed by atoms with van der Waals surface area (Å²) in [6.45, 7) is 1.88. The minimum atomic E-state index is -0.115. The summed E-state index contributed by atoms with van der Waals surface area (Å²) in [4.78, 5) is 14.2. The zero-order valence-corrected chi connectivity index (χ0v) is 14.4. The van der Waals surface area contributed by atoms with Crippen LogP contribution in [0.15, 0.2) is 66.7 Å². The maximum atomic E-state index is 12.9. The van der Waals surface area contributed by atoms with E-state index >= 15 is 0 Å². The Balaban J connectivity index is 1.54. The van der Waals surface area contributed by atoms with Crippen molar-refractivity contribution >= 4 is 11.5 Å². The number of hydrogen-bond acceptors (Lipinski definition) is 1. The molecule has 3 heteroatoms. The summed E-state index contributed by atoms with van der Waals surface area (Å²) < 4.78 is 0. The fraction of sp³-hybridized carbons (Fsp3) is 0.318. The normalized spacial score (nSPS) is 21.3. The van der Waals surface area contributed by atoms with E-state index in [0.29, 0.717) is 6.04 Å². The van der Waals surface area contributed by atoms with Gasteiger partial charge in [0, 0.05) is 18.0 Å². The molecule has 2 atom stereocenters. The van der Waals surface area contributed by atoms with Crippen LogP contribution < -0.4 is 10.2 Å². The molecule has 1 heterocycles. The van der Waals surface area contributed by atoms with Crippen molar-refractivity contribution < 1.29 is 9.69 Å². The number of carbonyl (C=O) groups is 1. The summed E-state index contributed by atoms with van der Waals surface area (Å²) in [6, 6.07) is 21.1. The first kappa shape index (κ1) is 16.1. The van der Waals surface area contributed by atoms with E-state index in [1.54, 1.807) is 0 Å². The van der Waals surface area contributed by atoms with Gasteiger partial charge in [0.25, 0.3) is 5.91 Å². The zero-order valence-electron chi connectivity index (χ0n) is 14.4. The molecule has 2 aromatic rings. The molecule has 1 unspecified atom stereocenters. The summed E-state index contributed by atoms with van der Waals surface area (Å²) in [5.74, 6) is 0.181. The highest BCUT2D eigenvalue weighted by molar-refractivity contribution is 5.82. The van der Waals surface area contributed by atoms with Crippen molar-refractivity contribution in [1.29, 1.82) is 0 Å². The van der Waals surface area contributed by atoms with E-state index in [9.17, 15) is 4.79 Å². The summed E-state index contributed by atoms with van der Waals surface area (Å²) in [5.41, 5.74) is 3.83. The van der Waals surface area contributed by atoms with Gasteiger partial charge in [0.15, 0.2) is 6.04 Å². The summed E-state index contributed by atoms with van der Waals surface area (Å²) >= 11 is 0. The van der Waals surface area contributed by atoms with Gasteiger partial charge in [-0.05, 0) is 30.1 Å². The Morgan fingerprint density at radius 3 is 2.28 bits per heavy atom. The molecule has 1 amide bonds. The zero-order chi connectivity index (χ0) is 17.1. The number of carbonyl (C=O) groups excluding carboxylic acids is 1. The van der Waals surface area contributed by atoms with E-state index < -0.39 is 0 Å². The number of amides is 1. The Bertz CT molecular complexity index is 750. The van der Waals surface area contributed by atoms with Crippen molar-refractivity contribution in [3.63, 3.8) is 0 Å². The van der Waals surface area contributed by atoms with E-state index in [0.717, 1.165) is 37.9 Å². The Morgan fingerprint density at radius 1 is 1.00 bits per heavy atom. The lowest BCUT2D eigenvalue weighted by Gasteiger charge is -2.30. The van der Waals surface area contributed by atoms with Gasteiger partial charge in [-0.1, -0.05) is 60.7 Å². The third-order valence-corrected chi connectivity index (χ3v) is 5.20. The molecule has 0 aromatic heterocycles. The molecule has 0 spiro atoms. The number of hydrogen-bond donors (Lipinski definition) is 2. The van der Waals surface area contributed by atoms with Crippen LogP contribution in [0.3, 0.4) is 0 Å². The van der Waals surface area contributed by atoms with Crippen LogP contribution in [0, 0.1) is 0 Å². The summed E-state index contributed by atoms with van der Waals surface area (Å²) in [6.07, 6.45) is 5.58. The van der Waals surface area contributed by atoms with Gasteiger partial charge in [0.1, 0.15) is 0 Å². The Kier molecular flexibility index (Phi) is 4.66. The molecule has 1 saturated carbocycles. The topological polar surface area (TPSA) is 33.5 Å². The highest BCUT2D eigenvalue weighted by Crippen LogP contribution is 2.22. The molecule has 4 rings (SSSR count). The average molecular weight is 333 g/mol. The molecule has 1 aliphatic heterocycles. The first-order valence-electron chi connectivity index (χ1n) is 9.25. The second-order valence-electron chi connectivity index (χ2n) is 7.08. The monoisotopic (exact) mass is 333 g/mol. The minimum absolute atomic E-state index is 0.115. The van der Waals surface area contributed by atoms with E-state index in [-0.39, 0.29) is 11.9 Å². The highest BCUT2D eigenvalue weighted by atomic mass is 16.2. The lowest BCUT2D eigenvalue weighted by atomic mass is 9.96. The lowest BCUT2D eigenvalue weighted by molar-refractivity contribution is -0.917. The van der Waals surface area contributed by atoms with Gasteiger partial charge in [-0.25, -0.2) is 0 Å². The van der Waals surface area contributed by atoms with Gasteiger partial charge in [0.2, 0.25) is 0 Å². The van der Waals surface area contributed by atoms with Crippen molar-refractivity contribution in [3.05, 3.63) is 77.9 Å². The van der Waals surface area contributed by atoms with Gasteiger partial charge in [0.05, 0.1) is 13.1 Å². The molecule has 2 N–H and O–H groups in total. The maximum Gasteiger partial charge on any atom is 0.283 e. The van der Waals surface area contributed by atoms with E-state index in [1.807, 2.05) is 18.2 Å². The molecule has 2 aromatic carbocycles. The molecule has 2 aliphatic rings. The molecule has 0 radical (unpaired) electrons. The first-order valence-corrected chi connectivity index (χ1v) is 9.25. The van der Waals surface area contributed by atoms with Crippen molar-refractivity contribution in [2.75, 3.05) is 13.1 Å². The largest absolute Gasteiger partial charge is 0.348 e. The first-order chi connectivity index (χ1) is 12.3. The maximum absolute atomic E-state index is 12.9. The molecule has 1 aliphatic carbocycles. The van der Waals surface area contributed by atoms with E-state index in [2.05, 4.69) is 53.9 Å². The number of rotatable bonds is 5.